The number of halogens is 2. The van der Waals surface area contributed by atoms with E-state index in [4.69, 9.17) is 16.3 Å². The first-order valence-electron chi connectivity index (χ1n) is 8.54. The highest BCUT2D eigenvalue weighted by atomic mass is 35.5. The molecule has 6 nitrogen and oxygen atoms in total. The quantitative estimate of drug-likeness (QED) is 0.215. The molecule has 8 heteroatoms. The van der Waals surface area contributed by atoms with Crippen LogP contribution in [0.25, 0.3) is 0 Å². The average Bonchev–Trinajstić information content (AvgIpc) is 2.65. The monoisotopic (exact) mass is 407 g/mol. The summed E-state index contributed by atoms with van der Waals surface area (Å²) >= 11 is 6.12. The molecule has 0 amide bonds. The zero-order chi connectivity index (χ0) is 20.9. The maximum atomic E-state index is 16.3. The second kappa shape index (κ2) is 8.93. The van der Waals surface area contributed by atoms with Crippen LogP contribution in [0.2, 0.25) is 5.02 Å². The van der Waals surface area contributed by atoms with Crippen LogP contribution in [0.4, 0.5) is 4.39 Å². The summed E-state index contributed by atoms with van der Waals surface area (Å²) in [6.07, 6.45) is -0.728. The molecule has 0 N–H and O–H groups in total. The number of rotatable bonds is 8. The van der Waals surface area contributed by atoms with Crippen molar-refractivity contribution in [2.24, 2.45) is 0 Å². The van der Waals surface area contributed by atoms with Crippen molar-refractivity contribution in [3.63, 3.8) is 0 Å². The zero-order valence-corrected chi connectivity index (χ0v) is 16.1. The fourth-order valence-electron chi connectivity index (χ4n) is 2.84. The molecule has 0 fully saturated rings. The van der Waals surface area contributed by atoms with Crippen LogP contribution >= 0.6 is 11.6 Å². The van der Waals surface area contributed by atoms with Gasteiger partial charge in [0, 0.05) is 15.5 Å². The molecule has 0 aromatic heterocycles. The minimum Gasteiger partial charge on any atom is -0.460 e. The first kappa shape index (κ1) is 21.5. The lowest BCUT2D eigenvalue weighted by Gasteiger charge is -2.30. The highest BCUT2D eigenvalue weighted by Gasteiger charge is 2.58. The number of benzene rings is 2. The Morgan fingerprint density at radius 2 is 1.71 bits per heavy atom. The highest BCUT2D eigenvalue weighted by molar-refractivity contribution is 6.31. The molecule has 0 unspecified atom stereocenters. The number of nitro groups is 1. The molecule has 0 aliphatic carbocycles. The summed E-state index contributed by atoms with van der Waals surface area (Å²) in [5.41, 5.74) is -3.46. The first-order valence-corrected chi connectivity index (χ1v) is 8.91. The standard InChI is InChI=1S/C20H19ClFNO5/c1-13(2)28-19(25)20(22,18(24)14-8-4-3-5-9-14)16(12-23(26)27)15-10-6-7-11-17(15)21/h3-11,13,16H,12H2,1-2H3/t16-,20-/m0/s1. The molecule has 2 aromatic rings. The maximum absolute atomic E-state index is 16.3. The smallest absolute Gasteiger partial charge is 0.353 e. The number of hydrogen-bond acceptors (Lipinski definition) is 5. The molecule has 2 rings (SSSR count). The maximum Gasteiger partial charge on any atom is 0.353 e. The number of alkyl halides is 1. The van der Waals surface area contributed by atoms with Crippen molar-refractivity contribution in [2.45, 2.75) is 31.5 Å². The van der Waals surface area contributed by atoms with E-state index in [1.54, 1.807) is 12.1 Å². The molecule has 0 heterocycles. The third-order valence-electron chi connectivity index (χ3n) is 4.10. The fraction of sp³-hybridized carbons (Fsp3) is 0.300. The Balaban J connectivity index is 2.68. The van der Waals surface area contributed by atoms with Gasteiger partial charge in [0.15, 0.2) is 0 Å². The molecule has 2 atom stereocenters. The normalized spacial score (nSPS) is 14.2. The van der Waals surface area contributed by atoms with Crippen LogP contribution in [0.1, 0.15) is 35.7 Å². The fourth-order valence-corrected chi connectivity index (χ4v) is 3.11. The van der Waals surface area contributed by atoms with E-state index >= 15 is 4.39 Å². The Kier molecular flexibility index (Phi) is 6.85. The Hall–Kier alpha value is -2.80. The van der Waals surface area contributed by atoms with Gasteiger partial charge in [-0.25, -0.2) is 9.18 Å². The van der Waals surface area contributed by atoms with Crippen LogP contribution in [0.5, 0.6) is 0 Å². The molecule has 2 aromatic carbocycles. The van der Waals surface area contributed by atoms with Crippen molar-refractivity contribution in [3.8, 4) is 0 Å². The van der Waals surface area contributed by atoms with Crippen LogP contribution in [-0.4, -0.2) is 35.0 Å². The van der Waals surface area contributed by atoms with Crippen molar-refractivity contribution in [1.29, 1.82) is 0 Å². The van der Waals surface area contributed by atoms with Gasteiger partial charge in [-0.1, -0.05) is 60.1 Å². The molecule has 0 radical (unpaired) electrons. The summed E-state index contributed by atoms with van der Waals surface area (Å²) in [7, 11) is 0. The molecule has 0 bridgehead atoms. The number of carbonyl (C=O) groups excluding carboxylic acids is 2. The molecule has 0 saturated heterocycles. The van der Waals surface area contributed by atoms with Gasteiger partial charge in [0.25, 0.3) is 5.67 Å². The summed E-state index contributed by atoms with van der Waals surface area (Å²) in [6, 6.07) is 13.1. The number of Topliss-reactive ketones (excluding diaryl/α,β-unsaturated/α-hetero) is 1. The lowest BCUT2D eigenvalue weighted by molar-refractivity contribution is -0.485. The number of nitrogens with zero attached hydrogens (tertiary/aromatic N) is 1. The minimum absolute atomic E-state index is 0.00887. The van der Waals surface area contributed by atoms with E-state index in [0.29, 0.717) is 0 Å². The molecule has 0 aliphatic heterocycles. The van der Waals surface area contributed by atoms with Crippen molar-refractivity contribution >= 4 is 23.4 Å². The van der Waals surface area contributed by atoms with Crippen LogP contribution in [0.3, 0.4) is 0 Å². The van der Waals surface area contributed by atoms with Gasteiger partial charge >= 0.3 is 5.97 Å². The van der Waals surface area contributed by atoms with Crippen molar-refractivity contribution in [1.82, 2.24) is 0 Å². The molecule has 148 valence electrons. The summed E-state index contributed by atoms with van der Waals surface area (Å²) in [5.74, 6) is -4.47. The van der Waals surface area contributed by atoms with E-state index in [2.05, 4.69) is 0 Å². The van der Waals surface area contributed by atoms with E-state index in [9.17, 15) is 19.7 Å². The predicted molar refractivity (Wildman–Crippen MR) is 102 cm³/mol. The predicted octanol–water partition coefficient (Wildman–Crippen LogP) is 4.24. The summed E-state index contributed by atoms with van der Waals surface area (Å²) in [5, 5.41) is 11.3. The van der Waals surface area contributed by atoms with Gasteiger partial charge in [-0.15, -0.1) is 0 Å². The van der Waals surface area contributed by atoms with Crippen molar-refractivity contribution in [3.05, 3.63) is 80.9 Å². The van der Waals surface area contributed by atoms with E-state index in [1.807, 2.05) is 0 Å². The van der Waals surface area contributed by atoms with Gasteiger partial charge in [-0.3, -0.25) is 14.9 Å². The summed E-state index contributed by atoms with van der Waals surface area (Å²) in [4.78, 5) is 36.3. The van der Waals surface area contributed by atoms with Crippen molar-refractivity contribution in [2.75, 3.05) is 6.54 Å². The van der Waals surface area contributed by atoms with Crippen molar-refractivity contribution < 1.29 is 23.6 Å². The van der Waals surface area contributed by atoms with Gasteiger partial charge < -0.3 is 4.74 Å². The Morgan fingerprint density at radius 1 is 1.14 bits per heavy atom. The lowest BCUT2D eigenvalue weighted by Crippen LogP contribution is -2.51. The van der Waals surface area contributed by atoms with E-state index in [1.165, 1.54) is 56.3 Å². The van der Waals surface area contributed by atoms with Gasteiger partial charge in [0.2, 0.25) is 12.3 Å². The molecular weight excluding hydrogens is 389 g/mol. The Morgan fingerprint density at radius 3 is 2.25 bits per heavy atom. The van der Waals surface area contributed by atoms with Crippen LogP contribution in [0.15, 0.2) is 54.6 Å². The van der Waals surface area contributed by atoms with Crippen LogP contribution in [0, 0.1) is 10.1 Å². The lowest BCUT2D eigenvalue weighted by atomic mass is 9.78. The third kappa shape index (κ3) is 4.54. The van der Waals surface area contributed by atoms with E-state index in [0.717, 1.165) is 0 Å². The topological polar surface area (TPSA) is 86.5 Å². The second-order valence-corrected chi connectivity index (χ2v) is 6.86. The number of ether oxygens (including phenoxy) is 1. The van der Waals surface area contributed by atoms with Gasteiger partial charge in [-0.05, 0) is 25.5 Å². The second-order valence-electron chi connectivity index (χ2n) is 6.45. The van der Waals surface area contributed by atoms with Crippen LogP contribution < -0.4 is 0 Å². The molecule has 0 saturated carbocycles. The highest BCUT2D eigenvalue weighted by Crippen LogP contribution is 2.39. The van der Waals surface area contributed by atoms with Crippen LogP contribution in [-0.2, 0) is 9.53 Å². The number of hydrogen-bond donors (Lipinski definition) is 0. The third-order valence-corrected chi connectivity index (χ3v) is 4.44. The van der Waals surface area contributed by atoms with Gasteiger partial charge in [0.1, 0.15) is 5.92 Å². The average molecular weight is 408 g/mol. The number of carbonyl (C=O) groups is 2. The number of esters is 1. The molecular formula is C20H19ClFNO5. The summed E-state index contributed by atoms with van der Waals surface area (Å²) in [6.45, 7) is 1.96. The molecule has 0 aliphatic rings. The van der Waals surface area contributed by atoms with E-state index in [-0.39, 0.29) is 16.1 Å². The van der Waals surface area contributed by atoms with Gasteiger partial charge in [0.05, 0.1) is 6.10 Å². The minimum atomic E-state index is -3.33. The zero-order valence-electron chi connectivity index (χ0n) is 15.3. The van der Waals surface area contributed by atoms with E-state index < -0.39 is 40.9 Å². The first-order chi connectivity index (χ1) is 13.2. The Labute approximate surface area is 166 Å². The summed E-state index contributed by atoms with van der Waals surface area (Å²) < 4.78 is 21.3. The largest absolute Gasteiger partial charge is 0.460 e. The van der Waals surface area contributed by atoms with Gasteiger partial charge in [-0.2, -0.15) is 0 Å². The Bertz CT molecular complexity index is 874. The number of ketones is 1. The molecule has 0 spiro atoms. The SMILES string of the molecule is CC(C)OC(=O)[C@@](F)(C(=O)c1ccccc1)[C@@H](C[N+](=O)[O-])c1ccccc1Cl. The molecule has 28 heavy (non-hydrogen) atoms.